The van der Waals surface area contributed by atoms with Crippen molar-refractivity contribution < 1.29 is 9.53 Å². The summed E-state index contributed by atoms with van der Waals surface area (Å²) in [5.41, 5.74) is -0.370. The van der Waals surface area contributed by atoms with Crippen LogP contribution in [0.2, 0.25) is 0 Å². The Morgan fingerprint density at radius 3 is 2.64 bits per heavy atom. The Labute approximate surface area is 94.8 Å². The Morgan fingerprint density at radius 2 is 2.14 bits per heavy atom. The lowest BCUT2D eigenvalue weighted by molar-refractivity contribution is -0.153. The molecule has 0 aromatic carbocycles. The summed E-state index contributed by atoms with van der Waals surface area (Å²) in [5, 5.41) is 0.991. The number of unbranched alkanes of at least 4 members (excludes halogenated alkanes) is 1. The van der Waals surface area contributed by atoms with Crippen LogP contribution in [0.4, 0.5) is 0 Å². The number of carbonyl (C=O) groups is 1. The lowest BCUT2D eigenvalue weighted by Crippen LogP contribution is -2.26. The van der Waals surface area contributed by atoms with Crippen molar-refractivity contribution in [3.05, 3.63) is 12.7 Å². The van der Waals surface area contributed by atoms with E-state index >= 15 is 0 Å². The van der Waals surface area contributed by atoms with E-state index < -0.39 is 0 Å². The highest BCUT2D eigenvalue weighted by atomic mass is 79.9. The van der Waals surface area contributed by atoms with E-state index in [1.54, 1.807) is 6.08 Å². The number of hydrogen-bond acceptors (Lipinski definition) is 2. The standard InChI is InChI=1S/C11H19BrO2/c1-4-9-14-10(13)11(2,3)7-5-6-8-12/h4H,1,5-9H2,2-3H3. The average Bonchev–Trinajstić information content (AvgIpc) is 2.14. The van der Waals surface area contributed by atoms with Crippen LogP contribution in [-0.2, 0) is 9.53 Å². The van der Waals surface area contributed by atoms with Gasteiger partial charge in [0.2, 0.25) is 0 Å². The smallest absolute Gasteiger partial charge is 0.311 e. The summed E-state index contributed by atoms with van der Waals surface area (Å²) in [7, 11) is 0. The third-order valence-electron chi connectivity index (χ3n) is 2.07. The predicted molar refractivity (Wildman–Crippen MR) is 62.6 cm³/mol. The van der Waals surface area contributed by atoms with E-state index in [0.29, 0.717) is 6.61 Å². The zero-order valence-electron chi connectivity index (χ0n) is 9.01. The molecule has 0 aliphatic heterocycles. The van der Waals surface area contributed by atoms with E-state index in [-0.39, 0.29) is 11.4 Å². The van der Waals surface area contributed by atoms with Gasteiger partial charge in [-0.05, 0) is 26.7 Å². The van der Waals surface area contributed by atoms with Crippen LogP contribution in [0.5, 0.6) is 0 Å². The molecule has 0 atom stereocenters. The SMILES string of the molecule is C=CCOC(=O)C(C)(C)CCCCBr. The fraction of sp³-hybridized carbons (Fsp3) is 0.727. The van der Waals surface area contributed by atoms with Crippen LogP contribution in [0.15, 0.2) is 12.7 Å². The molecule has 0 aliphatic carbocycles. The van der Waals surface area contributed by atoms with Gasteiger partial charge in [-0.15, -0.1) is 0 Å². The Balaban J connectivity index is 3.89. The molecule has 0 aromatic heterocycles. The van der Waals surface area contributed by atoms with Crippen LogP contribution in [0, 0.1) is 5.41 Å². The van der Waals surface area contributed by atoms with Gasteiger partial charge in [0.1, 0.15) is 6.61 Å². The van der Waals surface area contributed by atoms with Gasteiger partial charge in [0.25, 0.3) is 0 Å². The van der Waals surface area contributed by atoms with Crippen LogP contribution in [0.1, 0.15) is 33.1 Å². The van der Waals surface area contributed by atoms with Crippen molar-refractivity contribution in [3.63, 3.8) is 0 Å². The van der Waals surface area contributed by atoms with Crippen molar-refractivity contribution in [2.75, 3.05) is 11.9 Å². The van der Waals surface area contributed by atoms with Crippen molar-refractivity contribution in [1.82, 2.24) is 0 Å². The first-order valence-corrected chi connectivity index (χ1v) is 6.01. The molecular formula is C11H19BrO2. The van der Waals surface area contributed by atoms with Crippen molar-refractivity contribution in [2.24, 2.45) is 5.41 Å². The highest BCUT2D eigenvalue weighted by molar-refractivity contribution is 9.09. The molecule has 0 saturated carbocycles. The fourth-order valence-corrected chi connectivity index (χ4v) is 1.49. The highest BCUT2D eigenvalue weighted by Crippen LogP contribution is 2.25. The Hall–Kier alpha value is -0.310. The van der Waals surface area contributed by atoms with Crippen LogP contribution in [0.3, 0.4) is 0 Å². The molecule has 0 N–H and O–H groups in total. The molecule has 0 saturated heterocycles. The molecule has 0 radical (unpaired) electrons. The van der Waals surface area contributed by atoms with Gasteiger partial charge in [-0.3, -0.25) is 4.79 Å². The van der Waals surface area contributed by atoms with E-state index in [1.165, 1.54) is 0 Å². The maximum Gasteiger partial charge on any atom is 0.311 e. The van der Waals surface area contributed by atoms with Gasteiger partial charge >= 0.3 is 5.97 Å². The molecular weight excluding hydrogens is 244 g/mol. The summed E-state index contributed by atoms with van der Waals surface area (Å²) < 4.78 is 5.02. The van der Waals surface area contributed by atoms with Gasteiger partial charge < -0.3 is 4.74 Å². The summed E-state index contributed by atoms with van der Waals surface area (Å²) in [6, 6.07) is 0. The number of hydrogen-bond donors (Lipinski definition) is 0. The third-order valence-corrected chi connectivity index (χ3v) is 2.63. The zero-order valence-corrected chi connectivity index (χ0v) is 10.6. The van der Waals surface area contributed by atoms with Crippen LogP contribution < -0.4 is 0 Å². The van der Waals surface area contributed by atoms with Gasteiger partial charge in [0.05, 0.1) is 5.41 Å². The lowest BCUT2D eigenvalue weighted by Gasteiger charge is -2.21. The summed E-state index contributed by atoms with van der Waals surface area (Å²) in [5.74, 6) is -0.132. The lowest BCUT2D eigenvalue weighted by atomic mass is 9.87. The molecule has 82 valence electrons. The molecule has 0 unspecified atom stereocenters. The number of esters is 1. The average molecular weight is 263 g/mol. The molecule has 0 spiro atoms. The molecule has 14 heavy (non-hydrogen) atoms. The van der Waals surface area contributed by atoms with Crippen LogP contribution in [0.25, 0.3) is 0 Å². The summed E-state index contributed by atoms with van der Waals surface area (Å²) in [6.45, 7) is 7.66. The van der Waals surface area contributed by atoms with Crippen LogP contribution >= 0.6 is 15.9 Å². The van der Waals surface area contributed by atoms with Gasteiger partial charge in [-0.1, -0.05) is 35.0 Å². The first-order chi connectivity index (χ1) is 6.54. The van der Waals surface area contributed by atoms with Crippen LogP contribution in [-0.4, -0.2) is 17.9 Å². The normalized spacial score (nSPS) is 11.1. The van der Waals surface area contributed by atoms with Gasteiger partial charge in [0.15, 0.2) is 0 Å². The molecule has 2 nitrogen and oxygen atoms in total. The number of halogens is 1. The Morgan fingerprint density at radius 1 is 1.50 bits per heavy atom. The molecule has 0 heterocycles. The second-order valence-corrected chi connectivity index (χ2v) is 4.71. The topological polar surface area (TPSA) is 26.3 Å². The predicted octanol–water partition coefficient (Wildman–Crippen LogP) is 3.31. The maximum atomic E-state index is 11.5. The third kappa shape index (κ3) is 5.43. The second-order valence-electron chi connectivity index (χ2n) is 3.92. The van der Waals surface area contributed by atoms with E-state index in [0.717, 1.165) is 24.6 Å². The minimum absolute atomic E-state index is 0.132. The fourth-order valence-electron chi connectivity index (χ4n) is 1.09. The second kappa shape index (κ2) is 7.04. The summed E-state index contributed by atoms with van der Waals surface area (Å²) in [4.78, 5) is 11.5. The van der Waals surface area contributed by atoms with Gasteiger partial charge in [-0.25, -0.2) is 0 Å². The largest absolute Gasteiger partial charge is 0.461 e. The molecule has 3 heteroatoms. The Kier molecular flexibility index (Phi) is 6.89. The van der Waals surface area contributed by atoms with Crippen molar-refractivity contribution in [2.45, 2.75) is 33.1 Å². The number of alkyl halides is 1. The maximum absolute atomic E-state index is 11.5. The first kappa shape index (κ1) is 13.7. The van der Waals surface area contributed by atoms with Crippen molar-refractivity contribution >= 4 is 21.9 Å². The van der Waals surface area contributed by atoms with Gasteiger partial charge in [0, 0.05) is 5.33 Å². The monoisotopic (exact) mass is 262 g/mol. The molecule has 0 aliphatic rings. The number of ether oxygens (including phenoxy) is 1. The highest BCUT2D eigenvalue weighted by Gasteiger charge is 2.28. The number of rotatable bonds is 7. The Bertz CT molecular complexity index is 188. The van der Waals surface area contributed by atoms with Gasteiger partial charge in [-0.2, -0.15) is 0 Å². The van der Waals surface area contributed by atoms with Crippen molar-refractivity contribution in [1.29, 1.82) is 0 Å². The molecule has 0 bridgehead atoms. The first-order valence-electron chi connectivity index (χ1n) is 4.88. The zero-order chi connectivity index (χ0) is 11.0. The minimum atomic E-state index is -0.370. The molecule has 0 amide bonds. The summed E-state index contributed by atoms with van der Waals surface area (Å²) >= 11 is 3.37. The van der Waals surface area contributed by atoms with E-state index in [9.17, 15) is 4.79 Å². The summed E-state index contributed by atoms with van der Waals surface area (Å²) in [6.07, 6.45) is 4.60. The van der Waals surface area contributed by atoms with Crippen molar-refractivity contribution in [3.8, 4) is 0 Å². The molecule has 0 aromatic rings. The van der Waals surface area contributed by atoms with E-state index in [1.807, 2.05) is 13.8 Å². The van der Waals surface area contributed by atoms with E-state index in [4.69, 9.17) is 4.74 Å². The molecule has 0 rings (SSSR count). The number of carbonyl (C=O) groups excluding carboxylic acids is 1. The quantitative estimate of drug-likeness (QED) is 0.305. The van der Waals surface area contributed by atoms with E-state index in [2.05, 4.69) is 22.5 Å². The molecule has 0 fully saturated rings. The minimum Gasteiger partial charge on any atom is -0.461 e.